The third-order valence-corrected chi connectivity index (χ3v) is 9.98. The molecule has 10 heteroatoms. The van der Waals surface area contributed by atoms with Crippen molar-refractivity contribution in [2.75, 3.05) is 13.2 Å². The van der Waals surface area contributed by atoms with E-state index in [-0.39, 0.29) is 59.1 Å². The van der Waals surface area contributed by atoms with Crippen LogP contribution in [0.25, 0.3) is 11.1 Å². The van der Waals surface area contributed by atoms with Crippen molar-refractivity contribution in [2.24, 2.45) is 5.92 Å². The van der Waals surface area contributed by atoms with Gasteiger partial charge in [0.1, 0.15) is 6.10 Å². The topological polar surface area (TPSA) is 44.8 Å². The molecule has 0 radical (unpaired) electrons. The Morgan fingerprint density at radius 3 is 1.73 bits per heavy atom. The fraction of sp³-hybridized carbons (Fsp3) is 0.513. The second-order valence-electron chi connectivity index (χ2n) is 13.2. The number of hydrogen-bond donors (Lipinski definition) is 0. The molecule has 2 fully saturated rings. The predicted molar refractivity (Wildman–Crippen MR) is 175 cm³/mol. The molecule has 4 nitrogen and oxygen atoms in total. The zero-order valence-electron chi connectivity index (χ0n) is 28.1. The molecule has 2 aliphatic carbocycles. The highest BCUT2D eigenvalue weighted by Gasteiger charge is 2.34. The van der Waals surface area contributed by atoms with Gasteiger partial charge in [0.15, 0.2) is 34.8 Å². The minimum absolute atomic E-state index is 0.0732. The standard InChI is InChI=1S/C39H44F6O4/c1-3-5-6-7-22-48-32-20-18-28(34(41)38(32)45)24-12-14-26(15-13-24)49-39(46)25-10-8-23(9-11-25)27-16-17-29(35(42)33(27)40)30-19-21-31(47-4-2)37(44)36(30)43/h16-21,23-26H,3-15,22H2,1-2H3/t23-,24-,25-,26-. The Morgan fingerprint density at radius 2 is 1.10 bits per heavy atom. The lowest BCUT2D eigenvalue weighted by molar-refractivity contribution is -0.157. The van der Waals surface area contributed by atoms with Gasteiger partial charge >= 0.3 is 5.97 Å². The van der Waals surface area contributed by atoms with E-state index < -0.39 is 40.5 Å². The molecule has 3 aromatic carbocycles. The number of ether oxygens (including phenoxy) is 3. The molecular weight excluding hydrogens is 646 g/mol. The lowest BCUT2D eigenvalue weighted by atomic mass is 9.78. The Bertz CT molecular complexity index is 1600. The van der Waals surface area contributed by atoms with E-state index in [1.165, 1.54) is 24.3 Å². The van der Waals surface area contributed by atoms with Gasteiger partial charge in [0, 0.05) is 11.1 Å². The zero-order valence-corrected chi connectivity index (χ0v) is 28.1. The Balaban J connectivity index is 1.11. The van der Waals surface area contributed by atoms with Gasteiger partial charge in [0.2, 0.25) is 11.6 Å². The van der Waals surface area contributed by atoms with Gasteiger partial charge < -0.3 is 14.2 Å². The predicted octanol–water partition coefficient (Wildman–Crippen LogP) is 11.1. The fourth-order valence-electron chi connectivity index (χ4n) is 7.17. The number of carbonyl (C=O) groups excluding carboxylic acids is 1. The summed E-state index contributed by atoms with van der Waals surface area (Å²) in [4.78, 5) is 13.0. The van der Waals surface area contributed by atoms with Crippen LogP contribution >= 0.6 is 0 Å². The Kier molecular flexibility index (Phi) is 12.6. The highest BCUT2D eigenvalue weighted by atomic mass is 19.2. The van der Waals surface area contributed by atoms with E-state index in [4.69, 9.17) is 14.2 Å². The number of halogens is 6. The highest BCUT2D eigenvalue weighted by molar-refractivity contribution is 5.73. The molecule has 0 bridgehead atoms. The van der Waals surface area contributed by atoms with Crippen molar-refractivity contribution < 1.29 is 45.3 Å². The third kappa shape index (κ3) is 8.38. The summed E-state index contributed by atoms with van der Waals surface area (Å²) in [5.74, 6) is -8.46. The Morgan fingerprint density at radius 1 is 0.592 bits per heavy atom. The van der Waals surface area contributed by atoms with Crippen molar-refractivity contribution in [1.29, 1.82) is 0 Å². The van der Waals surface area contributed by atoms with Crippen molar-refractivity contribution in [3.8, 4) is 22.6 Å². The summed E-state index contributed by atoms with van der Waals surface area (Å²) >= 11 is 0. The van der Waals surface area contributed by atoms with Crippen LogP contribution in [0, 0.1) is 40.8 Å². The van der Waals surface area contributed by atoms with Crippen LogP contribution in [0.4, 0.5) is 26.3 Å². The molecule has 0 amide bonds. The number of unbranched alkanes of at least 4 members (excludes halogenated alkanes) is 3. The largest absolute Gasteiger partial charge is 0.491 e. The minimum atomic E-state index is -1.32. The van der Waals surface area contributed by atoms with Crippen LogP contribution in [-0.2, 0) is 9.53 Å². The molecule has 49 heavy (non-hydrogen) atoms. The summed E-state index contributed by atoms with van der Waals surface area (Å²) in [6, 6.07) is 8.07. The first-order chi connectivity index (χ1) is 23.6. The lowest BCUT2D eigenvalue weighted by Gasteiger charge is -2.32. The fourth-order valence-corrected chi connectivity index (χ4v) is 7.17. The van der Waals surface area contributed by atoms with Crippen LogP contribution in [0.5, 0.6) is 11.5 Å². The first-order valence-electron chi connectivity index (χ1n) is 17.5. The van der Waals surface area contributed by atoms with E-state index >= 15 is 8.78 Å². The summed E-state index contributed by atoms with van der Waals surface area (Å²) in [7, 11) is 0. The molecule has 2 saturated carbocycles. The number of benzene rings is 3. The molecule has 0 aromatic heterocycles. The first-order valence-corrected chi connectivity index (χ1v) is 17.5. The molecule has 0 spiro atoms. The maximum Gasteiger partial charge on any atom is 0.309 e. The van der Waals surface area contributed by atoms with Crippen LogP contribution in [-0.4, -0.2) is 25.3 Å². The summed E-state index contributed by atoms with van der Waals surface area (Å²) < 4.78 is 106. The summed E-state index contributed by atoms with van der Waals surface area (Å²) in [5.41, 5.74) is -0.349. The Hall–Kier alpha value is -3.69. The number of esters is 1. The molecule has 3 aromatic rings. The van der Waals surface area contributed by atoms with Gasteiger partial charge in [-0.2, -0.15) is 8.78 Å². The maximum absolute atomic E-state index is 15.3. The molecule has 266 valence electrons. The number of rotatable bonds is 13. The molecule has 0 saturated heterocycles. The van der Waals surface area contributed by atoms with E-state index in [1.807, 2.05) is 0 Å². The van der Waals surface area contributed by atoms with Crippen LogP contribution in [0.15, 0.2) is 36.4 Å². The van der Waals surface area contributed by atoms with Gasteiger partial charge in [0.25, 0.3) is 0 Å². The van der Waals surface area contributed by atoms with Crippen molar-refractivity contribution in [2.45, 2.75) is 109 Å². The van der Waals surface area contributed by atoms with Gasteiger partial charge in [0.05, 0.1) is 19.1 Å². The number of carbonyl (C=O) groups is 1. The van der Waals surface area contributed by atoms with E-state index in [1.54, 1.807) is 13.0 Å². The molecule has 2 aliphatic rings. The van der Waals surface area contributed by atoms with E-state index in [2.05, 4.69) is 6.92 Å². The molecule has 0 heterocycles. The zero-order chi connectivity index (χ0) is 35.1. The van der Waals surface area contributed by atoms with Gasteiger partial charge in [-0.3, -0.25) is 4.79 Å². The smallest absolute Gasteiger partial charge is 0.309 e. The Labute approximate surface area is 284 Å². The molecule has 0 aliphatic heterocycles. The van der Waals surface area contributed by atoms with Gasteiger partial charge in [-0.05, 0) is 106 Å². The van der Waals surface area contributed by atoms with E-state index in [0.29, 0.717) is 63.5 Å². The van der Waals surface area contributed by atoms with Crippen molar-refractivity contribution >= 4 is 5.97 Å². The third-order valence-electron chi connectivity index (χ3n) is 9.98. The van der Waals surface area contributed by atoms with Crippen LogP contribution in [0.3, 0.4) is 0 Å². The van der Waals surface area contributed by atoms with Crippen molar-refractivity contribution in [3.63, 3.8) is 0 Å². The van der Waals surface area contributed by atoms with Gasteiger partial charge in [-0.1, -0.05) is 44.4 Å². The average molecular weight is 691 g/mol. The van der Waals surface area contributed by atoms with Crippen molar-refractivity contribution in [3.05, 3.63) is 82.4 Å². The maximum atomic E-state index is 15.3. The quantitative estimate of drug-likeness (QED) is 0.102. The highest BCUT2D eigenvalue weighted by Crippen LogP contribution is 2.42. The second kappa shape index (κ2) is 16.8. The SMILES string of the molecule is CCCCCCOc1ccc([C@H]2CC[C@H](OC(=O)[C@H]3CC[C@H](c4ccc(-c5ccc(OCC)c(F)c5F)c(F)c4F)CC3)CC2)c(F)c1F. The van der Waals surface area contributed by atoms with E-state index in [0.717, 1.165) is 31.7 Å². The molecule has 0 N–H and O–H groups in total. The normalized spacial score (nSPS) is 21.0. The molecular formula is C39H44F6O4. The molecule has 5 rings (SSSR count). The lowest BCUT2D eigenvalue weighted by Crippen LogP contribution is -2.30. The summed E-state index contributed by atoms with van der Waals surface area (Å²) in [6.07, 6.45) is 7.44. The van der Waals surface area contributed by atoms with Gasteiger partial charge in [-0.15, -0.1) is 0 Å². The summed E-state index contributed by atoms with van der Waals surface area (Å²) in [5, 5.41) is 0. The average Bonchev–Trinajstić information content (AvgIpc) is 3.11. The monoisotopic (exact) mass is 690 g/mol. The van der Waals surface area contributed by atoms with Crippen LogP contribution in [0.2, 0.25) is 0 Å². The second-order valence-corrected chi connectivity index (χ2v) is 13.2. The summed E-state index contributed by atoms with van der Waals surface area (Å²) in [6.45, 7) is 4.17. The van der Waals surface area contributed by atoms with Crippen LogP contribution in [0.1, 0.15) is 114 Å². The first kappa shape index (κ1) is 36.6. The molecule has 0 atom stereocenters. The molecule has 0 unspecified atom stereocenters. The van der Waals surface area contributed by atoms with Gasteiger partial charge in [-0.25, -0.2) is 17.6 Å². The number of hydrogen-bond acceptors (Lipinski definition) is 4. The minimum Gasteiger partial charge on any atom is -0.491 e. The van der Waals surface area contributed by atoms with Crippen LogP contribution < -0.4 is 9.47 Å². The van der Waals surface area contributed by atoms with E-state index in [9.17, 15) is 22.4 Å². The van der Waals surface area contributed by atoms with Crippen molar-refractivity contribution in [1.82, 2.24) is 0 Å².